The van der Waals surface area contributed by atoms with Crippen molar-refractivity contribution in [2.45, 2.75) is 31.6 Å². The fourth-order valence-corrected chi connectivity index (χ4v) is 4.33. The summed E-state index contributed by atoms with van der Waals surface area (Å²) in [5.74, 6) is 0.205. The number of nitrogens with one attached hydrogen (secondary N) is 1. The molecule has 2 aliphatic heterocycles. The molecular formula is C17H24BrN3O3S. The molecule has 1 aromatic carbocycles. The Hall–Kier alpha value is -1.25. The summed E-state index contributed by atoms with van der Waals surface area (Å²) in [5, 5.41) is 20.5. The molecule has 1 saturated heterocycles. The van der Waals surface area contributed by atoms with Crippen LogP contribution in [0.15, 0.2) is 29.4 Å². The minimum absolute atomic E-state index is 0. The molecule has 1 aromatic rings. The zero-order valence-electron chi connectivity index (χ0n) is 14.2. The van der Waals surface area contributed by atoms with Gasteiger partial charge in [-0.25, -0.2) is 4.79 Å². The van der Waals surface area contributed by atoms with Crippen LogP contribution in [0.5, 0.6) is 5.75 Å². The minimum atomic E-state index is -0.974. The number of hydrogen-bond donors (Lipinski definition) is 2. The fraction of sp³-hybridized carbons (Fsp3) is 0.529. The van der Waals surface area contributed by atoms with Gasteiger partial charge >= 0.3 is 5.97 Å². The van der Waals surface area contributed by atoms with Gasteiger partial charge in [0.2, 0.25) is 0 Å². The van der Waals surface area contributed by atoms with Gasteiger partial charge in [-0.2, -0.15) is 5.10 Å². The number of benzene rings is 1. The van der Waals surface area contributed by atoms with E-state index in [2.05, 4.69) is 17.2 Å². The highest BCUT2D eigenvalue weighted by atomic mass is 79.9. The first-order valence-electron chi connectivity index (χ1n) is 8.36. The maximum absolute atomic E-state index is 10.6. The van der Waals surface area contributed by atoms with Crippen LogP contribution in [-0.4, -0.2) is 41.2 Å². The van der Waals surface area contributed by atoms with Crippen LogP contribution in [0, 0.1) is 5.92 Å². The molecular weight excluding hydrogens is 406 g/mol. The molecule has 0 aliphatic carbocycles. The molecule has 2 aliphatic rings. The molecule has 1 unspecified atom stereocenters. The van der Waals surface area contributed by atoms with Crippen LogP contribution < -0.4 is 15.1 Å². The van der Waals surface area contributed by atoms with Gasteiger partial charge in [-0.15, -0.1) is 17.0 Å². The highest BCUT2D eigenvalue weighted by Gasteiger charge is 2.35. The first-order valence-corrected chi connectivity index (χ1v) is 9.24. The lowest BCUT2D eigenvalue weighted by Gasteiger charge is -2.32. The molecule has 0 aromatic heterocycles. The lowest BCUT2D eigenvalue weighted by molar-refractivity contribution is -0.139. The van der Waals surface area contributed by atoms with Gasteiger partial charge in [0.05, 0.1) is 10.7 Å². The van der Waals surface area contributed by atoms with Crippen molar-refractivity contribution in [2.24, 2.45) is 11.0 Å². The summed E-state index contributed by atoms with van der Waals surface area (Å²) >= 11 is 1.88. The quantitative estimate of drug-likeness (QED) is 0.722. The second-order valence-corrected chi connectivity index (χ2v) is 7.15. The molecule has 1 fully saturated rings. The molecule has 25 heavy (non-hydrogen) atoms. The van der Waals surface area contributed by atoms with Crippen molar-refractivity contribution in [3.8, 4) is 5.75 Å². The number of hydrazone groups is 1. The molecule has 0 saturated carbocycles. The molecule has 1 atom stereocenters. The predicted octanol–water partition coefficient (Wildman–Crippen LogP) is 3.33. The normalized spacial score (nSPS) is 20.8. The molecule has 6 nitrogen and oxygen atoms in total. The van der Waals surface area contributed by atoms with Gasteiger partial charge in [-0.05, 0) is 62.5 Å². The van der Waals surface area contributed by atoms with Gasteiger partial charge in [-0.1, -0.05) is 18.7 Å². The Bertz CT molecular complexity index is 606. The van der Waals surface area contributed by atoms with Gasteiger partial charge in [0.1, 0.15) is 11.1 Å². The second kappa shape index (κ2) is 9.45. The average Bonchev–Trinajstić information content (AvgIpc) is 3.05. The summed E-state index contributed by atoms with van der Waals surface area (Å²) in [6.07, 6.45) is 3.28. The van der Waals surface area contributed by atoms with Gasteiger partial charge < -0.3 is 15.2 Å². The smallest absolute Gasteiger partial charge is 0.341 e. The van der Waals surface area contributed by atoms with E-state index in [-0.39, 0.29) is 23.6 Å². The first-order chi connectivity index (χ1) is 11.7. The lowest BCUT2D eigenvalue weighted by Crippen LogP contribution is -2.38. The summed E-state index contributed by atoms with van der Waals surface area (Å²) in [6, 6.07) is 7.52. The van der Waals surface area contributed by atoms with Gasteiger partial charge in [-0.3, -0.25) is 5.01 Å². The Morgan fingerprint density at radius 1 is 1.36 bits per heavy atom. The maximum Gasteiger partial charge on any atom is 0.341 e. The SMILES string of the molecule is Br.CCC1=NN(c2ccc(OCC(=O)O)cc2)C(C2CCNCC2)S1. The van der Waals surface area contributed by atoms with Crippen LogP contribution in [0.1, 0.15) is 26.2 Å². The summed E-state index contributed by atoms with van der Waals surface area (Å²) in [7, 11) is 0. The zero-order valence-corrected chi connectivity index (χ0v) is 16.7. The lowest BCUT2D eigenvalue weighted by atomic mass is 9.97. The summed E-state index contributed by atoms with van der Waals surface area (Å²) < 4.78 is 5.20. The van der Waals surface area contributed by atoms with E-state index < -0.39 is 5.97 Å². The topological polar surface area (TPSA) is 74.2 Å². The third kappa shape index (κ3) is 5.12. The highest BCUT2D eigenvalue weighted by Crippen LogP contribution is 2.39. The van der Waals surface area contributed by atoms with Gasteiger partial charge in [0, 0.05) is 0 Å². The van der Waals surface area contributed by atoms with Crippen molar-refractivity contribution in [3.63, 3.8) is 0 Å². The molecule has 0 amide bonds. The van der Waals surface area contributed by atoms with Crippen LogP contribution >= 0.6 is 28.7 Å². The van der Waals surface area contributed by atoms with Gasteiger partial charge in [0.15, 0.2) is 6.61 Å². The number of halogens is 1. The Morgan fingerprint density at radius 2 is 2.04 bits per heavy atom. The number of anilines is 1. The zero-order chi connectivity index (χ0) is 16.9. The standard InChI is InChI=1S/C17H23N3O3S.BrH/c1-2-15-19-20(17(24-15)12-7-9-18-10-8-12)13-3-5-14(6-4-13)23-11-16(21)22;/h3-6,12,17-18H,2,7-11H2,1H3,(H,21,22);1H. The van der Waals surface area contributed by atoms with Crippen molar-refractivity contribution >= 4 is 45.4 Å². The molecule has 2 N–H and O–H groups in total. The first kappa shape index (κ1) is 20.1. The second-order valence-electron chi connectivity index (χ2n) is 5.96. The number of ether oxygens (including phenoxy) is 1. The number of piperidine rings is 1. The number of thioether (sulfide) groups is 1. The summed E-state index contributed by atoms with van der Waals surface area (Å²) in [4.78, 5) is 10.6. The molecule has 0 bridgehead atoms. The molecule has 8 heteroatoms. The van der Waals surface area contributed by atoms with E-state index >= 15 is 0 Å². The van der Waals surface area contributed by atoms with Crippen molar-refractivity contribution in [1.29, 1.82) is 0 Å². The largest absolute Gasteiger partial charge is 0.482 e. The van der Waals surface area contributed by atoms with Crippen molar-refractivity contribution in [3.05, 3.63) is 24.3 Å². The van der Waals surface area contributed by atoms with Gasteiger partial charge in [0.25, 0.3) is 0 Å². The molecule has 0 radical (unpaired) electrons. The summed E-state index contributed by atoms with van der Waals surface area (Å²) in [5.41, 5.74) is 1.03. The van der Waals surface area contributed by atoms with Crippen LogP contribution in [0.25, 0.3) is 0 Å². The number of carboxylic acid groups (broad SMARTS) is 1. The Labute approximate surface area is 162 Å². The van der Waals surface area contributed by atoms with E-state index in [4.69, 9.17) is 14.9 Å². The average molecular weight is 430 g/mol. The third-order valence-electron chi connectivity index (χ3n) is 4.27. The van der Waals surface area contributed by atoms with Crippen LogP contribution in [0.4, 0.5) is 5.69 Å². The third-order valence-corrected chi connectivity index (χ3v) is 5.74. The number of carboxylic acids is 1. The van der Waals surface area contributed by atoms with Crippen molar-refractivity contribution in [2.75, 3.05) is 24.7 Å². The number of carbonyl (C=O) groups is 1. The minimum Gasteiger partial charge on any atom is -0.482 e. The maximum atomic E-state index is 10.6. The van der Waals surface area contributed by atoms with E-state index in [1.165, 1.54) is 17.9 Å². The van der Waals surface area contributed by atoms with Crippen LogP contribution in [-0.2, 0) is 4.79 Å². The number of nitrogens with zero attached hydrogens (tertiary/aromatic N) is 2. The Kier molecular flexibility index (Phi) is 7.58. The van der Waals surface area contributed by atoms with Crippen LogP contribution in [0.2, 0.25) is 0 Å². The summed E-state index contributed by atoms with van der Waals surface area (Å²) in [6.45, 7) is 3.95. The van der Waals surface area contributed by atoms with E-state index in [0.717, 1.165) is 25.2 Å². The molecule has 2 heterocycles. The number of rotatable bonds is 6. The van der Waals surface area contributed by atoms with Crippen molar-refractivity contribution < 1.29 is 14.6 Å². The van der Waals surface area contributed by atoms with E-state index in [0.29, 0.717) is 17.0 Å². The van der Waals surface area contributed by atoms with E-state index in [1.54, 1.807) is 0 Å². The number of hydrogen-bond acceptors (Lipinski definition) is 6. The van der Waals surface area contributed by atoms with Crippen LogP contribution in [0.3, 0.4) is 0 Å². The van der Waals surface area contributed by atoms with Crippen molar-refractivity contribution in [1.82, 2.24) is 5.32 Å². The Balaban J connectivity index is 0.00000225. The molecule has 3 rings (SSSR count). The van der Waals surface area contributed by atoms with E-state index in [1.807, 2.05) is 36.0 Å². The van der Waals surface area contributed by atoms with E-state index in [9.17, 15) is 4.79 Å². The fourth-order valence-electron chi connectivity index (χ4n) is 3.01. The molecule has 0 spiro atoms. The molecule has 138 valence electrons. The monoisotopic (exact) mass is 429 g/mol. The Morgan fingerprint density at radius 3 is 2.64 bits per heavy atom. The number of aliphatic carboxylic acids is 1. The predicted molar refractivity (Wildman–Crippen MR) is 107 cm³/mol. The highest BCUT2D eigenvalue weighted by molar-refractivity contribution is 8.93.